The van der Waals surface area contributed by atoms with E-state index in [1.54, 1.807) is 57.0 Å². The first-order valence-corrected chi connectivity index (χ1v) is 9.76. The van der Waals surface area contributed by atoms with Crippen LogP contribution in [0.25, 0.3) is 16.9 Å². The summed E-state index contributed by atoms with van der Waals surface area (Å²) < 4.78 is 7.23. The van der Waals surface area contributed by atoms with Crippen LogP contribution in [-0.2, 0) is 4.74 Å². The van der Waals surface area contributed by atoms with Crippen LogP contribution in [0, 0.1) is 11.3 Å². The second kappa shape index (κ2) is 8.38. The first kappa shape index (κ1) is 20.3. The minimum atomic E-state index is -0.254. The van der Waals surface area contributed by atoms with E-state index in [-0.39, 0.29) is 12.0 Å². The molecule has 0 radical (unpaired) electrons. The first-order valence-electron chi connectivity index (χ1n) is 9.76. The molecule has 4 aromatic rings. The summed E-state index contributed by atoms with van der Waals surface area (Å²) in [5, 5.41) is 8.95. The highest BCUT2D eigenvalue weighted by Crippen LogP contribution is 2.24. The lowest BCUT2D eigenvalue weighted by molar-refractivity contribution is 0.0988. The number of nitriles is 1. The molecule has 1 unspecified atom stereocenters. The van der Waals surface area contributed by atoms with Gasteiger partial charge in [-0.05, 0) is 36.8 Å². The summed E-state index contributed by atoms with van der Waals surface area (Å²) in [4.78, 5) is 23.2. The predicted octanol–water partition coefficient (Wildman–Crippen LogP) is 4.25. The molecular formula is C24H21N5O2. The number of methoxy groups -OCH3 is 1. The number of hydrogen-bond donors (Lipinski definition) is 0. The number of aromatic nitrogens is 3. The van der Waals surface area contributed by atoms with Gasteiger partial charge in [0.2, 0.25) is 0 Å². The molecule has 2 aromatic carbocycles. The molecule has 1 atom stereocenters. The molecule has 0 saturated carbocycles. The van der Waals surface area contributed by atoms with Gasteiger partial charge in [-0.3, -0.25) is 9.20 Å². The number of imidazole rings is 1. The Kier molecular flexibility index (Phi) is 5.48. The van der Waals surface area contributed by atoms with Gasteiger partial charge in [0.05, 0.1) is 35.8 Å². The Bertz CT molecular complexity index is 1270. The molecular weight excluding hydrogens is 390 g/mol. The SMILES string of the molecule is COC(C)c1ccc(-c2cnc3cnc(C(=O)N(C)c4ccc(C#N)cc4)cn23)cc1. The van der Waals surface area contributed by atoms with Crippen molar-refractivity contribution in [3.63, 3.8) is 0 Å². The average molecular weight is 411 g/mol. The molecule has 0 aliphatic carbocycles. The van der Waals surface area contributed by atoms with E-state index < -0.39 is 0 Å². The molecule has 2 aromatic heterocycles. The maximum absolute atomic E-state index is 13.0. The van der Waals surface area contributed by atoms with Crippen LogP contribution in [0.15, 0.2) is 67.1 Å². The minimum absolute atomic E-state index is 0.0161. The molecule has 7 nitrogen and oxygen atoms in total. The third kappa shape index (κ3) is 3.89. The highest BCUT2D eigenvalue weighted by molar-refractivity contribution is 6.04. The van der Waals surface area contributed by atoms with Crippen molar-refractivity contribution in [1.82, 2.24) is 14.4 Å². The summed E-state index contributed by atoms with van der Waals surface area (Å²) in [5.74, 6) is -0.254. The first-order chi connectivity index (χ1) is 15.0. The fourth-order valence-corrected chi connectivity index (χ4v) is 3.32. The van der Waals surface area contributed by atoms with Crippen molar-refractivity contribution < 1.29 is 9.53 Å². The van der Waals surface area contributed by atoms with Gasteiger partial charge in [0.25, 0.3) is 5.91 Å². The van der Waals surface area contributed by atoms with Gasteiger partial charge >= 0.3 is 0 Å². The number of carbonyl (C=O) groups excluding carboxylic acids is 1. The third-order valence-corrected chi connectivity index (χ3v) is 5.33. The minimum Gasteiger partial charge on any atom is -0.377 e. The molecule has 0 spiro atoms. The predicted molar refractivity (Wildman–Crippen MR) is 118 cm³/mol. The Labute approximate surface area is 180 Å². The molecule has 7 heteroatoms. The number of rotatable bonds is 5. The van der Waals surface area contributed by atoms with Crippen LogP contribution in [-0.4, -0.2) is 34.4 Å². The Morgan fingerprint density at radius 1 is 1.10 bits per heavy atom. The quantitative estimate of drug-likeness (QED) is 0.490. The van der Waals surface area contributed by atoms with Crippen molar-refractivity contribution in [3.8, 4) is 17.3 Å². The Morgan fingerprint density at radius 3 is 2.45 bits per heavy atom. The molecule has 4 rings (SSSR count). The molecule has 0 aliphatic rings. The Morgan fingerprint density at radius 2 is 1.81 bits per heavy atom. The lowest BCUT2D eigenvalue weighted by Gasteiger charge is -2.17. The number of hydrogen-bond acceptors (Lipinski definition) is 5. The summed E-state index contributed by atoms with van der Waals surface area (Å²) in [6.07, 6.45) is 5.07. The van der Waals surface area contributed by atoms with E-state index >= 15 is 0 Å². The average Bonchev–Trinajstić information content (AvgIpc) is 3.26. The third-order valence-electron chi connectivity index (χ3n) is 5.33. The Hall–Kier alpha value is -4.02. The number of benzene rings is 2. The van der Waals surface area contributed by atoms with Crippen molar-refractivity contribution in [1.29, 1.82) is 5.26 Å². The van der Waals surface area contributed by atoms with E-state index in [4.69, 9.17) is 10.00 Å². The van der Waals surface area contributed by atoms with E-state index in [0.717, 1.165) is 16.8 Å². The molecule has 0 saturated heterocycles. The van der Waals surface area contributed by atoms with Crippen LogP contribution < -0.4 is 4.90 Å². The molecule has 0 fully saturated rings. The van der Waals surface area contributed by atoms with Gasteiger partial charge in [0, 0.05) is 31.6 Å². The lowest BCUT2D eigenvalue weighted by Crippen LogP contribution is -2.27. The maximum atomic E-state index is 13.0. The summed E-state index contributed by atoms with van der Waals surface area (Å²) in [7, 11) is 3.36. The van der Waals surface area contributed by atoms with Gasteiger partial charge < -0.3 is 9.64 Å². The number of carbonyl (C=O) groups is 1. The van der Waals surface area contributed by atoms with Crippen LogP contribution in [0.1, 0.15) is 34.6 Å². The number of anilines is 1. The van der Waals surface area contributed by atoms with Gasteiger partial charge in [-0.15, -0.1) is 0 Å². The topological polar surface area (TPSA) is 83.5 Å². The second-order valence-corrected chi connectivity index (χ2v) is 7.17. The summed E-state index contributed by atoms with van der Waals surface area (Å²) in [6.45, 7) is 2.00. The normalized spacial score (nSPS) is 11.8. The van der Waals surface area contributed by atoms with Crippen LogP contribution in [0.5, 0.6) is 0 Å². The van der Waals surface area contributed by atoms with Crippen LogP contribution in [0.4, 0.5) is 5.69 Å². The van der Waals surface area contributed by atoms with Gasteiger partial charge in [0.15, 0.2) is 5.65 Å². The molecule has 1 amide bonds. The number of fused-ring (bicyclic) bond motifs is 1. The lowest BCUT2D eigenvalue weighted by atomic mass is 10.1. The van der Waals surface area contributed by atoms with E-state index in [1.807, 2.05) is 35.6 Å². The zero-order valence-electron chi connectivity index (χ0n) is 17.5. The largest absolute Gasteiger partial charge is 0.377 e. The van der Waals surface area contributed by atoms with E-state index in [2.05, 4.69) is 16.0 Å². The van der Waals surface area contributed by atoms with E-state index in [0.29, 0.717) is 22.6 Å². The van der Waals surface area contributed by atoms with Crippen molar-refractivity contribution >= 4 is 17.2 Å². The molecule has 2 heterocycles. The number of ether oxygens (including phenoxy) is 1. The van der Waals surface area contributed by atoms with Crippen molar-refractivity contribution in [3.05, 3.63) is 83.9 Å². The van der Waals surface area contributed by atoms with Crippen LogP contribution in [0.2, 0.25) is 0 Å². The van der Waals surface area contributed by atoms with Gasteiger partial charge in [-0.1, -0.05) is 24.3 Å². The highest BCUT2D eigenvalue weighted by Gasteiger charge is 2.17. The fourth-order valence-electron chi connectivity index (χ4n) is 3.32. The summed E-state index contributed by atoms with van der Waals surface area (Å²) >= 11 is 0. The Balaban J connectivity index is 1.66. The van der Waals surface area contributed by atoms with Gasteiger partial charge in [-0.2, -0.15) is 5.26 Å². The fraction of sp³-hybridized carbons (Fsp3) is 0.167. The van der Waals surface area contributed by atoms with E-state index in [1.165, 1.54) is 4.90 Å². The van der Waals surface area contributed by atoms with Crippen LogP contribution in [0.3, 0.4) is 0 Å². The molecule has 0 aliphatic heterocycles. The maximum Gasteiger partial charge on any atom is 0.278 e. The van der Waals surface area contributed by atoms with Crippen molar-refractivity contribution in [2.75, 3.05) is 19.1 Å². The standard InChI is InChI=1S/C24H21N5O2/c1-16(31-3)18-6-8-19(9-7-18)22-13-27-23-14-26-21(15-29(22)23)24(30)28(2)20-10-4-17(12-25)5-11-20/h4-11,13-16H,1-3H3. The zero-order valence-corrected chi connectivity index (χ0v) is 17.5. The molecule has 31 heavy (non-hydrogen) atoms. The van der Waals surface area contributed by atoms with E-state index in [9.17, 15) is 4.79 Å². The molecule has 0 bridgehead atoms. The number of amides is 1. The van der Waals surface area contributed by atoms with Crippen molar-refractivity contribution in [2.45, 2.75) is 13.0 Å². The number of nitrogens with zero attached hydrogens (tertiary/aromatic N) is 5. The van der Waals surface area contributed by atoms with Gasteiger partial charge in [-0.25, -0.2) is 9.97 Å². The zero-order chi connectivity index (χ0) is 22.0. The van der Waals surface area contributed by atoms with Crippen LogP contribution >= 0.6 is 0 Å². The molecule has 154 valence electrons. The molecule has 0 N–H and O–H groups in total. The summed E-state index contributed by atoms with van der Waals surface area (Å²) in [5.41, 5.74) is 5.10. The highest BCUT2D eigenvalue weighted by atomic mass is 16.5. The monoisotopic (exact) mass is 411 g/mol. The van der Waals surface area contributed by atoms with Crippen molar-refractivity contribution in [2.24, 2.45) is 0 Å². The smallest absolute Gasteiger partial charge is 0.278 e. The summed E-state index contributed by atoms with van der Waals surface area (Å²) in [6, 6.07) is 17.0. The second-order valence-electron chi connectivity index (χ2n) is 7.17. The van der Waals surface area contributed by atoms with Gasteiger partial charge in [0.1, 0.15) is 5.69 Å².